The Bertz CT molecular complexity index is 896. The molecule has 0 saturated heterocycles. The van der Waals surface area contributed by atoms with Gasteiger partial charge in [0.1, 0.15) is 11.8 Å². The van der Waals surface area contributed by atoms with Crippen LogP contribution < -0.4 is 10.1 Å². The average molecular weight is 401 g/mol. The molecule has 2 rings (SSSR count). The van der Waals surface area contributed by atoms with Gasteiger partial charge in [-0.1, -0.05) is 44.5 Å². The van der Waals surface area contributed by atoms with Crippen molar-refractivity contribution in [3.05, 3.63) is 58.6 Å². The van der Waals surface area contributed by atoms with Crippen LogP contribution in [0, 0.1) is 11.3 Å². The molecule has 0 fully saturated rings. The topological polar surface area (TPSA) is 88.4 Å². The second kappa shape index (κ2) is 9.25. The van der Waals surface area contributed by atoms with Gasteiger partial charge in [0, 0.05) is 5.02 Å². The summed E-state index contributed by atoms with van der Waals surface area (Å²) in [6.45, 7) is 5.50. The second-order valence-electron chi connectivity index (χ2n) is 7.07. The predicted octanol–water partition coefficient (Wildman–Crippen LogP) is 4.07. The summed E-state index contributed by atoms with van der Waals surface area (Å²) in [4.78, 5) is 23.7. The number of halogens is 1. The minimum atomic E-state index is -0.679. The Morgan fingerprint density at radius 3 is 2.39 bits per heavy atom. The third kappa shape index (κ3) is 6.29. The summed E-state index contributed by atoms with van der Waals surface area (Å²) >= 11 is 5.86. The maximum absolute atomic E-state index is 11.9. The molecule has 0 aliphatic heterocycles. The number of benzene rings is 2. The van der Waals surface area contributed by atoms with Crippen molar-refractivity contribution >= 4 is 29.2 Å². The molecule has 0 radical (unpaired) electrons. The van der Waals surface area contributed by atoms with Crippen LogP contribution in [-0.2, 0) is 19.7 Å². The van der Waals surface area contributed by atoms with E-state index in [1.807, 2.05) is 18.2 Å². The number of nitriles is 1. The van der Waals surface area contributed by atoms with Gasteiger partial charge in [0.2, 0.25) is 0 Å². The molecular formula is C21H21ClN2O4. The number of anilines is 1. The Balaban J connectivity index is 1.80. The van der Waals surface area contributed by atoms with E-state index in [1.54, 1.807) is 18.2 Å². The first-order valence-electron chi connectivity index (χ1n) is 8.57. The van der Waals surface area contributed by atoms with Gasteiger partial charge in [0.05, 0.1) is 11.3 Å². The Kier molecular flexibility index (Phi) is 7.02. The number of rotatable bonds is 6. The summed E-state index contributed by atoms with van der Waals surface area (Å²) in [5.41, 5.74) is 1.69. The number of esters is 1. The molecule has 0 heterocycles. The fourth-order valence-corrected chi connectivity index (χ4v) is 2.46. The predicted molar refractivity (Wildman–Crippen MR) is 106 cm³/mol. The van der Waals surface area contributed by atoms with Gasteiger partial charge in [-0.3, -0.25) is 4.79 Å². The molecule has 6 nitrogen and oxygen atoms in total. The van der Waals surface area contributed by atoms with Crippen molar-refractivity contribution in [2.24, 2.45) is 0 Å². The summed E-state index contributed by atoms with van der Waals surface area (Å²) in [5, 5.41) is 11.9. The largest absolute Gasteiger partial charge is 0.482 e. The lowest BCUT2D eigenvalue weighted by molar-refractivity contribution is -0.149. The SMILES string of the molecule is CC(C)(C)c1ccc(OCC(=O)OCC(=O)Nc2cc(Cl)ccc2C#N)cc1. The lowest BCUT2D eigenvalue weighted by Gasteiger charge is -2.19. The normalized spacial score (nSPS) is 10.7. The number of carbonyl (C=O) groups excluding carboxylic acids is 2. The monoisotopic (exact) mass is 400 g/mol. The van der Waals surface area contributed by atoms with Crippen LogP contribution in [-0.4, -0.2) is 25.1 Å². The van der Waals surface area contributed by atoms with Gasteiger partial charge < -0.3 is 14.8 Å². The molecule has 2 aromatic rings. The van der Waals surface area contributed by atoms with Crippen LogP contribution in [0.4, 0.5) is 5.69 Å². The first kappa shape index (κ1) is 21.3. The third-order valence-corrected chi connectivity index (χ3v) is 4.05. The highest BCUT2D eigenvalue weighted by atomic mass is 35.5. The van der Waals surface area contributed by atoms with E-state index in [0.29, 0.717) is 10.8 Å². The molecule has 28 heavy (non-hydrogen) atoms. The number of amides is 1. The van der Waals surface area contributed by atoms with Crippen LogP contribution in [0.5, 0.6) is 5.75 Å². The zero-order valence-corrected chi connectivity index (χ0v) is 16.7. The van der Waals surface area contributed by atoms with E-state index in [2.05, 4.69) is 26.1 Å². The van der Waals surface area contributed by atoms with Crippen LogP contribution in [0.15, 0.2) is 42.5 Å². The van der Waals surface area contributed by atoms with E-state index in [0.717, 1.165) is 5.56 Å². The number of hydrogen-bond donors (Lipinski definition) is 1. The standard InChI is InChI=1S/C21H21ClN2O4/c1-21(2,3)15-5-8-17(9-6-15)27-13-20(26)28-12-19(25)24-18-10-16(22)7-4-14(18)11-23/h4-10H,12-13H2,1-3H3,(H,24,25). The van der Waals surface area contributed by atoms with Crippen LogP contribution in [0.25, 0.3) is 0 Å². The van der Waals surface area contributed by atoms with Gasteiger partial charge in [-0.25, -0.2) is 4.79 Å². The first-order chi connectivity index (χ1) is 13.2. The first-order valence-corrected chi connectivity index (χ1v) is 8.95. The van der Waals surface area contributed by atoms with E-state index >= 15 is 0 Å². The van der Waals surface area contributed by atoms with Crippen molar-refractivity contribution < 1.29 is 19.1 Å². The van der Waals surface area contributed by atoms with Gasteiger partial charge in [-0.05, 0) is 41.3 Å². The molecule has 7 heteroatoms. The zero-order chi connectivity index (χ0) is 20.7. The molecule has 0 aromatic heterocycles. The van der Waals surface area contributed by atoms with Gasteiger partial charge in [0.15, 0.2) is 13.2 Å². The molecule has 0 aliphatic rings. The van der Waals surface area contributed by atoms with Crippen molar-refractivity contribution in [2.45, 2.75) is 26.2 Å². The maximum Gasteiger partial charge on any atom is 0.344 e. The summed E-state index contributed by atoms with van der Waals surface area (Å²) in [5.74, 6) is -0.727. The minimum Gasteiger partial charge on any atom is -0.482 e. The molecule has 1 amide bonds. The van der Waals surface area contributed by atoms with Crippen LogP contribution >= 0.6 is 11.6 Å². The van der Waals surface area contributed by atoms with Crippen molar-refractivity contribution in [2.75, 3.05) is 18.5 Å². The van der Waals surface area contributed by atoms with Crippen molar-refractivity contribution in [1.29, 1.82) is 5.26 Å². The Labute approximate surface area is 169 Å². The van der Waals surface area contributed by atoms with Gasteiger partial charge >= 0.3 is 5.97 Å². The molecule has 0 spiro atoms. The zero-order valence-electron chi connectivity index (χ0n) is 15.9. The summed E-state index contributed by atoms with van der Waals surface area (Å²) in [7, 11) is 0. The van der Waals surface area contributed by atoms with Crippen molar-refractivity contribution in [3.8, 4) is 11.8 Å². The number of carbonyl (C=O) groups is 2. The quantitative estimate of drug-likeness (QED) is 0.738. The van der Waals surface area contributed by atoms with Gasteiger partial charge in [-0.15, -0.1) is 0 Å². The number of nitrogens with one attached hydrogen (secondary N) is 1. The maximum atomic E-state index is 11.9. The molecule has 146 valence electrons. The molecule has 0 aliphatic carbocycles. The lowest BCUT2D eigenvalue weighted by Crippen LogP contribution is -2.24. The van der Waals surface area contributed by atoms with E-state index in [1.165, 1.54) is 12.1 Å². The lowest BCUT2D eigenvalue weighted by atomic mass is 9.87. The molecule has 0 atom stereocenters. The molecule has 2 aromatic carbocycles. The minimum absolute atomic E-state index is 0.0270. The fraction of sp³-hybridized carbons (Fsp3) is 0.286. The van der Waals surface area contributed by atoms with Gasteiger partial charge in [-0.2, -0.15) is 5.26 Å². The van der Waals surface area contributed by atoms with E-state index in [-0.39, 0.29) is 23.3 Å². The molecule has 1 N–H and O–H groups in total. The molecular weight excluding hydrogens is 380 g/mol. The number of ether oxygens (including phenoxy) is 2. The van der Waals surface area contributed by atoms with E-state index in [4.69, 9.17) is 26.3 Å². The number of hydrogen-bond acceptors (Lipinski definition) is 5. The smallest absolute Gasteiger partial charge is 0.344 e. The van der Waals surface area contributed by atoms with Crippen LogP contribution in [0.2, 0.25) is 5.02 Å². The Hall–Kier alpha value is -3.04. The molecule has 0 unspecified atom stereocenters. The highest BCUT2D eigenvalue weighted by Crippen LogP contribution is 2.24. The van der Waals surface area contributed by atoms with Gasteiger partial charge in [0.25, 0.3) is 5.91 Å². The number of nitrogens with zero attached hydrogens (tertiary/aromatic N) is 1. The fourth-order valence-electron chi connectivity index (χ4n) is 2.28. The highest BCUT2D eigenvalue weighted by molar-refractivity contribution is 6.31. The van der Waals surface area contributed by atoms with E-state index in [9.17, 15) is 9.59 Å². The Morgan fingerprint density at radius 1 is 1.11 bits per heavy atom. The summed E-state index contributed by atoms with van der Waals surface area (Å²) in [6.07, 6.45) is 0. The highest BCUT2D eigenvalue weighted by Gasteiger charge is 2.14. The molecule has 0 saturated carbocycles. The van der Waals surface area contributed by atoms with Crippen molar-refractivity contribution in [3.63, 3.8) is 0 Å². The third-order valence-electron chi connectivity index (χ3n) is 3.82. The molecule has 0 bridgehead atoms. The summed E-state index contributed by atoms with van der Waals surface area (Å²) in [6, 6.07) is 13.9. The average Bonchev–Trinajstić information content (AvgIpc) is 2.64. The van der Waals surface area contributed by atoms with Crippen molar-refractivity contribution in [1.82, 2.24) is 0 Å². The van der Waals surface area contributed by atoms with Crippen LogP contribution in [0.1, 0.15) is 31.9 Å². The summed E-state index contributed by atoms with van der Waals surface area (Å²) < 4.78 is 10.3. The Morgan fingerprint density at radius 2 is 1.79 bits per heavy atom. The second-order valence-corrected chi connectivity index (χ2v) is 7.51. The van der Waals surface area contributed by atoms with Crippen LogP contribution in [0.3, 0.4) is 0 Å². The van der Waals surface area contributed by atoms with E-state index < -0.39 is 18.5 Å².